The van der Waals surface area contributed by atoms with Crippen molar-refractivity contribution in [3.8, 4) is 33.8 Å². The Kier molecular flexibility index (Phi) is 8.18. The summed E-state index contributed by atoms with van der Waals surface area (Å²) in [6.07, 6.45) is 0. The van der Waals surface area contributed by atoms with Crippen LogP contribution in [0.1, 0.15) is 0 Å². The number of hydrogen-bond acceptors (Lipinski definition) is 4. The Labute approximate surface area is 370 Å². The van der Waals surface area contributed by atoms with E-state index in [9.17, 15) is 0 Å². The fourth-order valence-electron chi connectivity index (χ4n) is 9.99. The number of nitrogens with zero attached hydrogens (tertiary/aromatic N) is 2. The van der Waals surface area contributed by atoms with Gasteiger partial charge in [0.15, 0.2) is 5.58 Å². The third-order valence-corrected chi connectivity index (χ3v) is 12.8. The number of furan rings is 1. The predicted octanol–water partition coefficient (Wildman–Crippen LogP) is 17.4. The second-order valence-electron chi connectivity index (χ2n) is 16.4. The zero-order chi connectivity index (χ0) is 42.1. The van der Waals surface area contributed by atoms with Gasteiger partial charge in [-0.25, -0.2) is 0 Å². The molecular formula is C60H38N2O2. The molecule has 0 saturated heterocycles. The normalized spacial score (nSPS) is 11.9. The van der Waals surface area contributed by atoms with Crippen LogP contribution >= 0.6 is 0 Å². The number of benzene rings is 11. The summed E-state index contributed by atoms with van der Waals surface area (Å²) < 4.78 is 13.6. The molecule has 0 saturated carbocycles. The van der Waals surface area contributed by atoms with Gasteiger partial charge in [-0.1, -0.05) is 152 Å². The first-order valence-corrected chi connectivity index (χ1v) is 21.8. The lowest BCUT2D eigenvalue weighted by Crippen LogP contribution is -2.12. The van der Waals surface area contributed by atoms with E-state index in [0.717, 1.165) is 95.0 Å². The summed E-state index contributed by atoms with van der Waals surface area (Å²) in [5.41, 5.74) is 12.5. The van der Waals surface area contributed by atoms with E-state index in [1.54, 1.807) is 0 Å². The largest absolute Gasteiger partial charge is 0.456 e. The maximum atomic E-state index is 7.00. The fraction of sp³-hybridized carbons (Fsp3) is 0. The molecular weight excluding hydrogens is 781 g/mol. The van der Waals surface area contributed by atoms with Gasteiger partial charge in [0.25, 0.3) is 0 Å². The molecule has 0 amide bonds. The Bertz CT molecular complexity index is 3770. The number of para-hydroxylation sites is 5. The van der Waals surface area contributed by atoms with Crippen LogP contribution in [0.2, 0.25) is 0 Å². The summed E-state index contributed by atoms with van der Waals surface area (Å²) in [4.78, 5) is 4.70. The summed E-state index contributed by atoms with van der Waals surface area (Å²) in [5, 5.41) is 9.17. The molecule has 12 aromatic rings. The van der Waals surface area contributed by atoms with E-state index >= 15 is 0 Å². The van der Waals surface area contributed by atoms with Gasteiger partial charge in [0.2, 0.25) is 0 Å². The van der Waals surface area contributed by atoms with Crippen LogP contribution in [-0.2, 0) is 0 Å². The highest BCUT2D eigenvalue weighted by Crippen LogP contribution is 2.53. The lowest BCUT2D eigenvalue weighted by molar-refractivity contribution is 0.487. The molecule has 300 valence electrons. The highest BCUT2D eigenvalue weighted by Gasteiger charge is 2.27. The van der Waals surface area contributed by atoms with Gasteiger partial charge < -0.3 is 19.0 Å². The van der Waals surface area contributed by atoms with E-state index in [1.165, 1.54) is 27.1 Å². The van der Waals surface area contributed by atoms with Crippen molar-refractivity contribution in [1.82, 2.24) is 0 Å². The van der Waals surface area contributed by atoms with Crippen molar-refractivity contribution in [2.24, 2.45) is 0 Å². The van der Waals surface area contributed by atoms with Gasteiger partial charge in [-0.2, -0.15) is 0 Å². The number of ether oxygens (including phenoxy) is 1. The molecule has 64 heavy (non-hydrogen) atoms. The molecule has 0 fully saturated rings. The SMILES string of the molecule is c1ccc(-c2ccccc2N(c2ccccc2)c2cc3c4cccc5c4c(cc3c3ccccc23)-c2ccc(N(c3ccccc3)c3cccc4c3oc3ccccc34)cc2O5)cc1. The lowest BCUT2D eigenvalue weighted by atomic mass is 9.88. The summed E-state index contributed by atoms with van der Waals surface area (Å²) >= 11 is 0. The second-order valence-corrected chi connectivity index (χ2v) is 16.4. The van der Waals surface area contributed by atoms with E-state index in [0.29, 0.717) is 0 Å². The van der Waals surface area contributed by atoms with Gasteiger partial charge in [-0.05, 0) is 105 Å². The van der Waals surface area contributed by atoms with Crippen LogP contribution < -0.4 is 14.5 Å². The van der Waals surface area contributed by atoms with Crippen LogP contribution in [-0.4, -0.2) is 0 Å². The number of anilines is 6. The second kappa shape index (κ2) is 14.5. The molecule has 0 spiro atoms. The van der Waals surface area contributed by atoms with Gasteiger partial charge in [0.05, 0.1) is 22.7 Å². The topological polar surface area (TPSA) is 28.9 Å². The number of hydrogen-bond donors (Lipinski definition) is 0. The molecule has 0 unspecified atom stereocenters. The van der Waals surface area contributed by atoms with Crippen molar-refractivity contribution in [2.45, 2.75) is 0 Å². The van der Waals surface area contributed by atoms with Crippen LogP contribution in [0.3, 0.4) is 0 Å². The highest BCUT2D eigenvalue weighted by atomic mass is 16.5. The Morgan fingerprint density at radius 2 is 0.906 bits per heavy atom. The summed E-state index contributed by atoms with van der Waals surface area (Å²) in [7, 11) is 0. The van der Waals surface area contributed by atoms with E-state index < -0.39 is 0 Å². The van der Waals surface area contributed by atoms with Gasteiger partial charge in [-0.15, -0.1) is 0 Å². The molecule has 0 bridgehead atoms. The van der Waals surface area contributed by atoms with Crippen molar-refractivity contribution in [2.75, 3.05) is 9.80 Å². The maximum Gasteiger partial charge on any atom is 0.159 e. The number of fused-ring (bicyclic) bond motifs is 9. The molecule has 13 rings (SSSR count). The zero-order valence-electron chi connectivity index (χ0n) is 34.7. The minimum absolute atomic E-state index is 0.809. The maximum absolute atomic E-state index is 7.00. The molecule has 0 radical (unpaired) electrons. The average molecular weight is 819 g/mol. The van der Waals surface area contributed by atoms with E-state index in [2.05, 4.69) is 228 Å². The molecule has 11 aromatic carbocycles. The van der Waals surface area contributed by atoms with Crippen molar-refractivity contribution in [3.63, 3.8) is 0 Å². The van der Waals surface area contributed by atoms with E-state index in [4.69, 9.17) is 9.15 Å². The molecule has 1 aliphatic rings. The summed E-state index contributed by atoms with van der Waals surface area (Å²) in [6, 6.07) is 82.0. The van der Waals surface area contributed by atoms with E-state index in [1.807, 2.05) is 12.1 Å². The first-order chi connectivity index (χ1) is 31.8. The van der Waals surface area contributed by atoms with Gasteiger partial charge in [0.1, 0.15) is 17.1 Å². The van der Waals surface area contributed by atoms with Crippen LogP contribution in [0.4, 0.5) is 34.1 Å². The lowest BCUT2D eigenvalue weighted by Gasteiger charge is -2.30. The zero-order valence-corrected chi connectivity index (χ0v) is 34.7. The molecule has 0 aliphatic carbocycles. The van der Waals surface area contributed by atoms with Gasteiger partial charge in [0, 0.05) is 50.1 Å². The third kappa shape index (κ3) is 5.63. The Morgan fingerprint density at radius 3 is 1.72 bits per heavy atom. The van der Waals surface area contributed by atoms with Crippen LogP contribution in [0.5, 0.6) is 11.5 Å². The first kappa shape index (κ1) is 36.1. The van der Waals surface area contributed by atoms with Crippen LogP contribution in [0, 0.1) is 0 Å². The quantitative estimate of drug-likeness (QED) is 0.150. The number of rotatable bonds is 7. The van der Waals surface area contributed by atoms with Crippen molar-refractivity contribution < 1.29 is 9.15 Å². The molecule has 4 heteroatoms. The summed E-state index contributed by atoms with van der Waals surface area (Å²) in [5.74, 6) is 1.65. The summed E-state index contributed by atoms with van der Waals surface area (Å²) in [6.45, 7) is 0. The molecule has 1 aliphatic heterocycles. The van der Waals surface area contributed by atoms with Crippen LogP contribution in [0.25, 0.3) is 76.5 Å². The Balaban J connectivity index is 1.02. The molecule has 4 nitrogen and oxygen atoms in total. The van der Waals surface area contributed by atoms with Crippen molar-refractivity contribution in [3.05, 3.63) is 231 Å². The molecule has 1 aromatic heterocycles. The minimum Gasteiger partial charge on any atom is -0.456 e. The average Bonchev–Trinajstić information content (AvgIpc) is 3.75. The third-order valence-electron chi connectivity index (χ3n) is 12.8. The van der Waals surface area contributed by atoms with E-state index in [-0.39, 0.29) is 0 Å². The smallest absolute Gasteiger partial charge is 0.159 e. The fourth-order valence-corrected chi connectivity index (χ4v) is 9.99. The first-order valence-electron chi connectivity index (χ1n) is 21.8. The Hall–Kier alpha value is -8.60. The van der Waals surface area contributed by atoms with Crippen molar-refractivity contribution in [1.29, 1.82) is 0 Å². The monoisotopic (exact) mass is 818 g/mol. The Morgan fingerprint density at radius 1 is 0.297 bits per heavy atom. The standard InChI is InChI=1S/C60H38N2O2/c1-4-18-39(19-5-1)43-24-12-14-30-53(43)62(41-22-8-3-9-23-41)55-38-51-48-28-17-33-57-59(48)52(37-50(51)44-25-10-11-26-45(44)55)47-35-34-42(36-58(47)63-57)61(40-20-6-2-7-21-40)54-31-16-29-49-46-27-13-15-32-56(46)64-60(49)54/h1-38H. The molecule has 0 N–H and O–H groups in total. The minimum atomic E-state index is 0.809. The van der Waals surface area contributed by atoms with Gasteiger partial charge >= 0.3 is 0 Å². The van der Waals surface area contributed by atoms with Crippen molar-refractivity contribution >= 4 is 88.4 Å². The highest BCUT2D eigenvalue weighted by molar-refractivity contribution is 6.26. The molecule has 2 heterocycles. The van der Waals surface area contributed by atoms with Gasteiger partial charge in [-0.3, -0.25) is 0 Å². The van der Waals surface area contributed by atoms with Crippen LogP contribution in [0.15, 0.2) is 235 Å². The molecule has 0 atom stereocenters. The predicted molar refractivity (Wildman–Crippen MR) is 267 cm³/mol.